The fraction of sp³-hybridized carbons (Fsp3) is 0.250. The van der Waals surface area contributed by atoms with Gasteiger partial charge in [-0.3, -0.25) is 4.79 Å². The number of unbranched alkanes of at least 4 members (excludes halogenated alkanes) is 1. The molecule has 0 aliphatic heterocycles. The highest BCUT2D eigenvalue weighted by atomic mass is 32.2. The summed E-state index contributed by atoms with van der Waals surface area (Å²) < 4.78 is 8.60. The smallest absolute Gasteiger partial charge is 0.235 e. The number of ketones is 1. The lowest BCUT2D eigenvalue weighted by molar-refractivity contribution is 0.104. The number of fused-ring (bicyclic) bond motifs is 1. The van der Waals surface area contributed by atoms with Crippen LogP contribution in [0.5, 0.6) is 5.75 Å². The Morgan fingerprint density at radius 2 is 1.84 bits per heavy atom. The maximum absolute atomic E-state index is 12.4. The predicted molar refractivity (Wildman–Crippen MR) is 130 cm³/mol. The minimum absolute atomic E-state index is 0.0188. The fourth-order valence-corrected chi connectivity index (χ4v) is 4.96. The van der Waals surface area contributed by atoms with E-state index in [0.29, 0.717) is 12.2 Å². The maximum Gasteiger partial charge on any atom is 0.235 e. The van der Waals surface area contributed by atoms with E-state index in [9.17, 15) is 4.79 Å². The van der Waals surface area contributed by atoms with Crippen LogP contribution >= 0.6 is 23.1 Å². The summed E-state index contributed by atoms with van der Waals surface area (Å²) in [7, 11) is 0. The second-order valence-corrected chi connectivity index (χ2v) is 9.64. The second-order valence-electron chi connectivity index (χ2n) is 7.35. The number of benzene rings is 2. The fourth-order valence-electron chi connectivity index (χ4n) is 2.97. The average Bonchev–Trinajstić information content (AvgIpc) is 3.37. The third-order valence-electron chi connectivity index (χ3n) is 4.80. The van der Waals surface area contributed by atoms with Crippen molar-refractivity contribution in [1.29, 1.82) is 0 Å². The standard InChI is InChI=1S/C24H24N4O2S2/c1-17-5-7-19(8-6-17)9-14-22(29)20-10-12-21(13-11-20)30-15-3-4-16-31-24-27-28-18(2)25-26-23(28)32-24/h5-14H,3-4,15-16H2,1-2H3/b14-9+. The number of allylic oxidation sites excluding steroid dienone is 1. The van der Waals surface area contributed by atoms with Gasteiger partial charge in [-0.05, 0) is 62.6 Å². The van der Waals surface area contributed by atoms with Crippen molar-refractivity contribution in [2.45, 2.75) is 31.0 Å². The van der Waals surface area contributed by atoms with Gasteiger partial charge >= 0.3 is 0 Å². The molecule has 2 aromatic heterocycles. The van der Waals surface area contributed by atoms with Crippen molar-refractivity contribution >= 4 is 39.9 Å². The number of carbonyl (C=O) groups excluding carboxylic acids is 1. The normalized spacial score (nSPS) is 11.4. The van der Waals surface area contributed by atoms with E-state index in [0.717, 1.165) is 45.0 Å². The summed E-state index contributed by atoms with van der Waals surface area (Å²) in [4.78, 5) is 13.2. The summed E-state index contributed by atoms with van der Waals surface area (Å²) in [5.74, 6) is 2.55. The summed E-state index contributed by atoms with van der Waals surface area (Å²) in [6, 6.07) is 15.4. The molecule has 0 aliphatic carbocycles. The molecule has 0 unspecified atom stereocenters. The molecule has 0 saturated heterocycles. The van der Waals surface area contributed by atoms with E-state index in [4.69, 9.17) is 4.74 Å². The Bertz CT molecular complexity index is 1210. The molecule has 8 heteroatoms. The van der Waals surface area contributed by atoms with Crippen LogP contribution < -0.4 is 4.74 Å². The second kappa shape index (κ2) is 10.6. The lowest BCUT2D eigenvalue weighted by Crippen LogP contribution is -1.99. The van der Waals surface area contributed by atoms with Crippen molar-refractivity contribution in [2.24, 2.45) is 0 Å². The molecule has 164 valence electrons. The Labute approximate surface area is 195 Å². The molecular weight excluding hydrogens is 440 g/mol. The minimum atomic E-state index is -0.0188. The van der Waals surface area contributed by atoms with Gasteiger partial charge < -0.3 is 4.74 Å². The molecule has 0 bridgehead atoms. The number of rotatable bonds is 10. The zero-order valence-corrected chi connectivity index (χ0v) is 19.7. The molecule has 32 heavy (non-hydrogen) atoms. The molecule has 0 amide bonds. The Kier molecular flexibility index (Phi) is 7.34. The van der Waals surface area contributed by atoms with Gasteiger partial charge in [0.1, 0.15) is 5.75 Å². The molecular formula is C24H24N4O2S2. The predicted octanol–water partition coefficient (Wildman–Crippen LogP) is 5.65. The van der Waals surface area contributed by atoms with Crippen LogP contribution in [0.3, 0.4) is 0 Å². The maximum atomic E-state index is 12.4. The van der Waals surface area contributed by atoms with Gasteiger partial charge in [0.15, 0.2) is 15.9 Å². The average molecular weight is 465 g/mol. The van der Waals surface area contributed by atoms with Gasteiger partial charge in [-0.2, -0.15) is 4.52 Å². The van der Waals surface area contributed by atoms with E-state index in [1.807, 2.05) is 68.5 Å². The molecule has 0 atom stereocenters. The lowest BCUT2D eigenvalue weighted by Gasteiger charge is -2.06. The summed E-state index contributed by atoms with van der Waals surface area (Å²) in [6.45, 7) is 4.59. The molecule has 2 aromatic carbocycles. The first-order chi connectivity index (χ1) is 15.6. The number of carbonyl (C=O) groups is 1. The Balaban J connectivity index is 1.16. The van der Waals surface area contributed by atoms with Crippen LogP contribution in [-0.4, -0.2) is 38.0 Å². The van der Waals surface area contributed by atoms with Crippen molar-refractivity contribution in [2.75, 3.05) is 12.4 Å². The van der Waals surface area contributed by atoms with E-state index in [2.05, 4.69) is 15.3 Å². The van der Waals surface area contributed by atoms with Crippen LogP contribution in [0.2, 0.25) is 0 Å². The number of ether oxygens (including phenoxy) is 1. The molecule has 0 N–H and O–H groups in total. The van der Waals surface area contributed by atoms with Gasteiger partial charge in [-0.15, -0.1) is 15.3 Å². The van der Waals surface area contributed by atoms with Gasteiger partial charge in [0.2, 0.25) is 4.96 Å². The zero-order chi connectivity index (χ0) is 22.3. The largest absolute Gasteiger partial charge is 0.494 e. The van der Waals surface area contributed by atoms with Crippen molar-refractivity contribution in [3.8, 4) is 5.75 Å². The van der Waals surface area contributed by atoms with Gasteiger partial charge in [-0.1, -0.05) is 59.0 Å². The Hall–Kier alpha value is -2.97. The highest BCUT2D eigenvalue weighted by Crippen LogP contribution is 2.25. The minimum Gasteiger partial charge on any atom is -0.494 e. The molecule has 0 aliphatic rings. The van der Waals surface area contributed by atoms with Crippen molar-refractivity contribution in [3.63, 3.8) is 0 Å². The van der Waals surface area contributed by atoms with Crippen LogP contribution in [0.15, 0.2) is 58.9 Å². The number of thioether (sulfide) groups is 1. The monoisotopic (exact) mass is 464 g/mol. The molecule has 0 radical (unpaired) electrons. The summed E-state index contributed by atoms with van der Waals surface area (Å²) in [5.41, 5.74) is 2.86. The van der Waals surface area contributed by atoms with Gasteiger partial charge in [0, 0.05) is 11.3 Å². The lowest BCUT2D eigenvalue weighted by atomic mass is 10.1. The molecule has 4 rings (SSSR count). The van der Waals surface area contributed by atoms with Gasteiger partial charge in [-0.25, -0.2) is 0 Å². The van der Waals surface area contributed by atoms with Crippen molar-refractivity contribution in [1.82, 2.24) is 19.8 Å². The third kappa shape index (κ3) is 5.83. The third-order valence-corrected chi connectivity index (χ3v) is 6.92. The Morgan fingerprint density at radius 3 is 2.59 bits per heavy atom. The number of aromatic nitrogens is 4. The van der Waals surface area contributed by atoms with Crippen LogP contribution in [0.25, 0.3) is 11.0 Å². The topological polar surface area (TPSA) is 69.4 Å². The van der Waals surface area contributed by atoms with Gasteiger partial charge in [0.05, 0.1) is 6.61 Å². The van der Waals surface area contributed by atoms with Crippen LogP contribution in [-0.2, 0) is 0 Å². The first-order valence-electron chi connectivity index (χ1n) is 10.4. The van der Waals surface area contributed by atoms with Crippen molar-refractivity contribution in [3.05, 3.63) is 77.1 Å². The summed E-state index contributed by atoms with van der Waals surface area (Å²) >= 11 is 3.30. The summed E-state index contributed by atoms with van der Waals surface area (Å²) in [5, 5.41) is 12.6. The highest BCUT2D eigenvalue weighted by molar-refractivity contribution is 8.01. The Morgan fingerprint density at radius 1 is 1.06 bits per heavy atom. The SMILES string of the molecule is Cc1ccc(/C=C/C(=O)c2ccc(OCCCCSc3nn4c(C)nnc4s3)cc2)cc1. The van der Waals surface area contributed by atoms with Crippen LogP contribution in [0.4, 0.5) is 0 Å². The van der Waals surface area contributed by atoms with E-state index >= 15 is 0 Å². The zero-order valence-electron chi connectivity index (χ0n) is 18.0. The molecule has 0 fully saturated rings. The molecule has 0 saturated carbocycles. The molecule has 4 aromatic rings. The molecule has 0 spiro atoms. The molecule has 2 heterocycles. The summed E-state index contributed by atoms with van der Waals surface area (Å²) in [6.07, 6.45) is 5.43. The van der Waals surface area contributed by atoms with E-state index in [1.165, 1.54) is 5.56 Å². The quantitative estimate of drug-likeness (QED) is 0.131. The van der Waals surface area contributed by atoms with E-state index in [1.54, 1.807) is 33.7 Å². The van der Waals surface area contributed by atoms with Gasteiger partial charge in [0.25, 0.3) is 0 Å². The van der Waals surface area contributed by atoms with Crippen LogP contribution in [0, 0.1) is 13.8 Å². The number of hydrogen-bond acceptors (Lipinski definition) is 7. The van der Waals surface area contributed by atoms with Crippen LogP contribution in [0.1, 0.15) is 40.2 Å². The number of aryl methyl sites for hydroxylation is 2. The first kappa shape index (κ1) is 22.2. The van der Waals surface area contributed by atoms with Crippen molar-refractivity contribution < 1.29 is 9.53 Å². The molecule has 6 nitrogen and oxygen atoms in total. The van der Waals surface area contributed by atoms with E-state index < -0.39 is 0 Å². The number of hydrogen-bond donors (Lipinski definition) is 0. The van der Waals surface area contributed by atoms with E-state index in [-0.39, 0.29) is 5.78 Å². The number of nitrogens with zero attached hydrogens (tertiary/aromatic N) is 4. The highest BCUT2D eigenvalue weighted by Gasteiger charge is 2.08. The first-order valence-corrected chi connectivity index (χ1v) is 12.2.